The lowest BCUT2D eigenvalue weighted by Crippen LogP contribution is -2.63. The van der Waals surface area contributed by atoms with Gasteiger partial charge in [-0.05, 0) is 42.8 Å². The van der Waals surface area contributed by atoms with Crippen LogP contribution in [-0.4, -0.2) is 134 Å². The maximum Gasteiger partial charge on any atom is 0.340 e. The number of benzene rings is 3. The number of unbranched alkanes of at least 4 members (excludes halogenated alkanes) is 8. The predicted octanol–water partition coefficient (Wildman–Crippen LogP) is 7.04. The molecule has 25 heteroatoms. The third-order valence-electron chi connectivity index (χ3n) is 13.9. The van der Waals surface area contributed by atoms with Gasteiger partial charge in [0.2, 0.25) is 30.7 Å². The Labute approximate surface area is 490 Å². The lowest BCUT2D eigenvalue weighted by Gasteiger charge is -2.44. The minimum Gasteiger partial charge on any atom is -0.463 e. The molecule has 1 N–H and O–H groups in total. The van der Waals surface area contributed by atoms with Crippen molar-refractivity contribution < 1.29 is 114 Å². The van der Waals surface area contributed by atoms with Gasteiger partial charge in [-0.1, -0.05) is 64.4 Å². The van der Waals surface area contributed by atoms with E-state index in [2.05, 4.69) is 12.2 Å². The molecule has 1 spiro atoms. The molecule has 85 heavy (non-hydrogen) atoms. The second-order valence-corrected chi connectivity index (χ2v) is 20.7. The normalized spacial score (nSPS) is 23.1. The Balaban J connectivity index is 1.28. The van der Waals surface area contributed by atoms with Crippen molar-refractivity contribution in [3.63, 3.8) is 0 Å². The minimum absolute atomic E-state index is 0.0148. The smallest absolute Gasteiger partial charge is 0.340 e. The molecule has 0 radical (unpaired) electrons. The summed E-state index contributed by atoms with van der Waals surface area (Å²) in [5.41, 5.74) is -0.568. The Morgan fingerprint density at radius 2 is 0.871 bits per heavy atom. The first kappa shape index (κ1) is 64.2. The molecule has 0 unspecified atom stereocenters. The van der Waals surface area contributed by atoms with Gasteiger partial charge < -0.3 is 71.6 Å². The topological polar surface area (TPSA) is 312 Å². The van der Waals surface area contributed by atoms with Crippen LogP contribution in [0.1, 0.15) is 154 Å². The monoisotopic (exact) mass is 1190 g/mol. The van der Waals surface area contributed by atoms with Crippen molar-refractivity contribution in [2.75, 3.05) is 18.5 Å². The predicted molar refractivity (Wildman–Crippen MR) is 290 cm³/mol. The van der Waals surface area contributed by atoms with Crippen molar-refractivity contribution in [3.05, 3.63) is 76.9 Å². The fraction of sp³-hybridized carbons (Fsp3) is 0.533. The summed E-state index contributed by atoms with van der Waals surface area (Å²) in [5.74, 6) is -7.81. The second kappa shape index (κ2) is 29.0. The Hall–Kier alpha value is -8.32. The molecule has 25 nitrogen and oxygen atoms in total. The van der Waals surface area contributed by atoms with E-state index in [0.717, 1.165) is 81.1 Å². The van der Waals surface area contributed by atoms with Crippen molar-refractivity contribution in [1.29, 1.82) is 0 Å². The highest BCUT2D eigenvalue weighted by atomic mass is 16.8. The van der Waals surface area contributed by atoms with Crippen LogP contribution >= 0.6 is 0 Å². The van der Waals surface area contributed by atoms with Crippen molar-refractivity contribution in [1.82, 2.24) is 0 Å². The average molecular weight is 1190 g/mol. The van der Waals surface area contributed by atoms with E-state index >= 15 is 0 Å². The molecule has 4 heterocycles. The fourth-order valence-corrected chi connectivity index (χ4v) is 10.6. The lowest BCUT2D eigenvalue weighted by atomic mass is 9.77. The van der Waals surface area contributed by atoms with E-state index < -0.39 is 134 Å². The van der Waals surface area contributed by atoms with E-state index in [-0.39, 0.29) is 52.0 Å². The number of carbonyl (C=O) groups is 10. The molecule has 10 atom stereocenters. The highest BCUT2D eigenvalue weighted by Gasteiger charge is 2.57. The summed E-state index contributed by atoms with van der Waals surface area (Å²) in [7, 11) is 0. The molecule has 2 fully saturated rings. The van der Waals surface area contributed by atoms with Gasteiger partial charge in [0.15, 0.2) is 30.0 Å². The van der Waals surface area contributed by atoms with E-state index in [0.29, 0.717) is 17.7 Å². The second-order valence-electron chi connectivity index (χ2n) is 20.7. The summed E-state index contributed by atoms with van der Waals surface area (Å²) in [4.78, 5) is 127. The van der Waals surface area contributed by atoms with Gasteiger partial charge in [-0.2, -0.15) is 0 Å². The third-order valence-corrected chi connectivity index (χ3v) is 13.9. The average Bonchev–Trinajstić information content (AvgIpc) is 1.74. The molecule has 0 aliphatic carbocycles. The van der Waals surface area contributed by atoms with Gasteiger partial charge >= 0.3 is 53.7 Å². The van der Waals surface area contributed by atoms with E-state index in [1.165, 1.54) is 68.1 Å². The number of rotatable bonds is 25. The number of esters is 9. The Bertz CT molecular complexity index is 2850. The Morgan fingerprint density at radius 1 is 0.471 bits per heavy atom. The van der Waals surface area contributed by atoms with Crippen LogP contribution in [-0.2, 0) is 101 Å². The van der Waals surface area contributed by atoms with Crippen LogP contribution in [0.25, 0.3) is 0 Å². The molecule has 460 valence electrons. The fourth-order valence-electron chi connectivity index (χ4n) is 10.6. The molecule has 0 saturated carbocycles. The van der Waals surface area contributed by atoms with Crippen LogP contribution in [0, 0.1) is 0 Å². The molecule has 2 saturated heterocycles. The summed E-state index contributed by atoms with van der Waals surface area (Å²) >= 11 is 0. The molecular formula is C60H71NO24. The lowest BCUT2D eigenvalue weighted by molar-refractivity contribution is -0.288. The zero-order valence-electron chi connectivity index (χ0n) is 48.8. The highest BCUT2D eigenvalue weighted by Crippen LogP contribution is 2.57. The first-order chi connectivity index (χ1) is 40.5. The number of anilines is 1. The molecule has 3 aromatic rings. The molecule has 3 aromatic carbocycles. The van der Waals surface area contributed by atoms with E-state index in [1.807, 2.05) is 0 Å². The van der Waals surface area contributed by atoms with Crippen molar-refractivity contribution in [3.8, 4) is 23.0 Å². The molecule has 4 aliphatic rings. The summed E-state index contributed by atoms with van der Waals surface area (Å²) < 4.78 is 82.2. The van der Waals surface area contributed by atoms with Gasteiger partial charge in [-0.25, -0.2) is 4.79 Å². The number of fused-ring (bicyclic) bond motifs is 6. The zero-order valence-corrected chi connectivity index (χ0v) is 48.8. The van der Waals surface area contributed by atoms with Crippen molar-refractivity contribution in [2.24, 2.45) is 0 Å². The summed E-state index contributed by atoms with van der Waals surface area (Å²) in [6.45, 7) is 9.80. The number of hydrogen-bond donors (Lipinski definition) is 1. The third kappa shape index (κ3) is 16.3. The van der Waals surface area contributed by atoms with E-state index in [4.69, 9.17) is 66.3 Å². The summed E-state index contributed by atoms with van der Waals surface area (Å²) in [5, 5.41) is 2.91. The van der Waals surface area contributed by atoms with Gasteiger partial charge in [0.05, 0.1) is 5.56 Å². The summed E-state index contributed by atoms with van der Waals surface area (Å²) in [6.07, 6.45) is -5.50. The Kier molecular flexibility index (Phi) is 21.9. The SMILES string of the molecule is CCCCCCCCCCCC(=O)Nc1ccc2c(c1)C(=O)OC21c2ccc(O[C@@H]3O[C@H](COC(C)=O)[C@@H](OC(C)=O)[C@H](OC(C)=O)[C@H]3OC(C)=O)cc2Oc2cc(O[C@@H]3O[C@H](COC(C)=O)[C@@H](OC(C)=O)[C@H](OC(C)=O)[C@H]3OC(C)=O)ccc21. The molecule has 1 amide bonds. The number of hydrogen-bond acceptors (Lipinski definition) is 24. The number of carbonyl (C=O) groups excluding carboxylic acids is 10. The maximum absolute atomic E-state index is 14.4. The van der Waals surface area contributed by atoms with Crippen LogP contribution in [0.2, 0.25) is 0 Å². The van der Waals surface area contributed by atoms with Gasteiger partial charge in [0, 0.05) is 96.3 Å². The quantitative estimate of drug-likeness (QED) is 0.0505. The summed E-state index contributed by atoms with van der Waals surface area (Å²) in [6, 6.07) is 13.5. The molecular weight excluding hydrogens is 1120 g/mol. The van der Waals surface area contributed by atoms with Crippen LogP contribution < -0.4 is 19.5 Å². The number of ether oxygens (including phenoxy) is 14. The van der Waals surface area contributed by atoms with Gasteiger partial charge in [-0.15, -0.1) is 0 Å². The molecule has 4 aliphatic heterocycles. The van der Waals surface area contributed by atoms with Crippen LogP contribution in [0.15, 0.2) is 54.6 Å². The van der Waals surface area contributed by atoms with Gasteiger partial charge in [0.25, 0.3) is 0 Å². The van der Waals surface area contributed by atoms with Crippen LogP contribution in [0.4, 0.5) is 5.69 Å². The molecule has 0 bridgehead atoms. The van der Waals surface area contributed by atoms with Crippen LogP contribution in [0.3, 0.4) is 0 Å². The standard InChI is InChI=1S/C60H71NO24/c1-10-11-12-13-14-15-16-17-18-19-50(70)61-39-20-23-43-42(26-39)57(71)85-60(43)44-24-21-40(80-58-55(78-37(8)68)53(76-35(6)66)51(74-33(4)64)48(83-58)29-72-31(2)62)27-46(44)82-47-28-41(22-25-45(47)60)81-59-56(79-38(9)69)54(77-36(7)67)52(75-34(5)65)49(84-59)30-73-32(3)63/h20-28,48-49,51-56,58-59H,10-19,29-30H2,1-9H3,(H,61,70)/t48-,49-,51-,52-,53+,54+,55-,56-,58-,59-/m1/s1. The minimum atomic E-state index is -1.81. The van der Waals surface area contributed by atoms with Crippen molar-refractivity contribution >= 4 is 65.3 Å². The first-order valence-corrected chi connectivity index (χ1v) is 28.1. The largest absolute Gasteiger partial charge is 0.463 e. The van der Waals surface area contributed by atoms with E-state index in [9.17, 15) is 47.9 Å². The zero-order chi connectivity index (χ0) is 61.7. The first-order valence-electron chi connectivity index (χ1n) is 28.1. The van der Waals surface area contributed by atoms with Crippen molar-refractivity contribution in [2.45, 2.75) is 194 Å². The number of amides is 1. The van der Waals surface area contributed by atoms with Gasteiger partial charge in [0.1, 0.15) is 48.4 Å². The van der Waals surface area contributed by atoms with E-state index in [1.54, 1.807) is 12.1 Å². The maximum atomic E-state index is 14.4. The van der Waals surface area contributed by atoms with Gasteiger partial charge in [-0.3, -0.25) is 43.2 Å². The molecule has 0 aromatic heterocycles. The highest BCUT2D eigenvalue weighted by molar-refractivity contribution is 5.99. The number of nitrogens with one attached hydrogen (secondary N) is 1. The Morgan fingerprint density at radius 3 is 1.29 bits per heavy atom. The van der Waals surface area contributed by atoms with Crippen LogP contribution in [0.5, 0.6) is 23.0 Å². The molecule has 7 rings (SSSR count).